The van der Waals surface area contributed by atoms with Crippen LogP contribution in [-0.2, 0) is 4.79 Å². The second kappa shape index (κ2) is 5.38. The Labute approximate surface area is 129 Å². The lowest BCUT2D eigenvalue weighted by atomic mass is 9.81. The molecule has 1 aliphatic carbocycles. The van der Waals surface area contributed by atoms with Gasteiger partial charge in [0, 0.05) is 24.4 Å². The molecule has 0 aromatic carbocycles. The molecule has 0 aromatic rings. The number of carboxylic acid groups (broad SMARTS) is 1. The number of nitrogens with zero attached hydrogens (tertiary/aromatic N) is 1. The second-order valence-corrected chi connectivity index (χ2v) is 8.67. The highest BCUT2D eigenvalue weighted by atomic mass is 32.2. The Morgan fingerprint density at radius 1 is 1.38 bits per heavy atom. The Balaban J connectivity index is 1.58. The summed E-state index contributed by atoms with van der Waals surface area (Å²) in [5.41, 5.74) is -0.677. The summed E-state index contributed by atoms with van der Waals surface area (Å²) in [6.07, 6.45) is 4.97. The lowest BCUT2D eigenvalue weighted by molar-refractivity contribution is -0.149. The van der Waals surface area contributed by atoms with Crippen LogP contribution in [0.15, 0.2) is 0 Å². The molecule has 0 radical (unpaired) electrons. The van der Waals surface area contributed by atoms with Crippen LogP contribution in [0.1, 0.15) is 39.0 Å². The van der Waals surface area contributed by atoms with Crippen molar-refractivity contribution in [2.24, 2.45) is 11.3 Å². The van der Waals surface area contributed by atoms with E-state index in [0.29, 0.717) is 26.1 Å². The molecule has 2 amide bonds. The summed E-state index contributed by atoms with van der Waals surface area (Å²) in [6.45, 7) is 3.85. The quantitative estimate of drug-likeness (QED) is 0.838. The number of amides is 2. The van der Waals surface area contributed by atoms with Gasteiger partial charge in [-0.15, -0.1) is 0 Å². The van der Waals surface area contributed by atoms with Gasteiger partial charge >= 0.3 is 12.0 Å². The van der Waals surface area contributed by atoms with E-state index in [1.165, 1.54) is 12.2 Å². The standard InChI is InChI=1S/C15H24N2O3S/c1-14(5-3-7-21-14)9-16-13(20)17-8-11-4-2-6-15(11,10-17)12(18)19/h11H,2-10H2,1H3,(H,16,20)(H,18,19)/t11-,14?,15+/m0/s1. The molecule has 2 saturated heterocycles. The Kier molecular flexibility index (Phi) is 3.84. The van der Waals surface area contributed by atoms with Crippen LogP contribution in [0, 0.1) is 11.3 Å². The molecule has 0 bridgehead atoms. The number of carbonyl (C=O) groups excluding carboxylic acids is 1. The minimum absolute atomic E-state index is 0.0845. The number of aliphatic carboxylic acids is 1. The minimum Gasteiger partial charge on any atom is -0.481 e. The van der Waals surface area contributed by atoms with Crippen molar-refractivity contribution in [1.29, 1.82) is 0 Å². The Hall–Kier alpha value is -0.910. The van der Waals surface area contributed by atoms with Crippen LogP contribution in [0.3, 0.4) is 0 Å². The van der Waals surface area contributed by atoms with E-state index in [2.05, 4.69) is 12.2 Å². The monoisotopic (exact) mass is 312 g/mol. The fraction of sp³-hybridized carbons (Fsp3) is 0.867. The molecule has 3 atom stereocenters. The zero-order valence-electron chi connectivity index (χ0n) is 12.6. The average molecular weight is 312 g/mol. The summed E-state index contributed by atoms with van der Waals surface area (Å²) >= 11 is 1.92. The van der Waals surface area contributed by atoms with Crippen molar-refractivity contribution < 1.29 is 14.7 Å². The molecule has 3 rings (SSSR count). The number of hydrogen-bond acceptors (Lipinski definition) is 3. The first kappa shape index (κ1) is 15.0. The van der Waals surface area contributed by atoms with Crippen LogP contribution in [0.5, 0.6) is 0 Å². The van der Waals surface area contributed by atoms with Crippen LogP contribution in [-0.4, -0.2) is 52.1 Å². The number of fused-ring (bicyclic) bond motifs is 1. The van der Waals surface area contributed by atoms with Crippen LogP contribution in [0.4, 0.5) is 4.79 Å². The fourth-order valence-corrected chi connectivity index (χ4v) is 5.39. The number of rotatable bonds is 3. The van der Waals surface area contributed by atoms with Gasteiger partial charge in [0.15, 0.2) is 0 Å². The van der Waals surface area contributed by atoms with Gasteiger partial charge in [-0.2, -0.15) is 11.8 Å². The number of carbonyl (C=O) groups is 2. The second-order valence-electron chi connectivity index (χ2n) is 6.99. The minimum atomic E-state index is -0.724. The van der Waals surface area contributed by atoms with Crippen LogP contribution < -0.4 is 5.32 Å². The molecule has 2 aliphatic heterocycles. The summed E-state index contributed by atoms with van der Waals surface area (Å²) in [5, 5.41) is 12.6. The summed E-state index contributed by atoms with van der Waals surface area (Å²) < 4.78 is 0.149. The van der Waals surface area contributed by atoms with Gasteiger partial charge in [-0.3, -0.25) is 4.79 Å². The summed E-state index contributed by atoms with van der Waals surface area (Å²) in [5.74, 6) is 0.580. The highest BCUT2D eigenvalue weighted by Gasteiger charge is 2.55. The number of thioether (sulfide) groups is 1. The normalized spacial score (nSPS) is 38.5. The van der Waals surface area contributed by atoms with Crippen LogP contribution >= 0.6 is 11.8 Å². The van der Waals surface area contributed by atoms with Gasteiger partial charge in [0.25, 0.3) is 0 Å². The Morgan fingerprint density at radius 3 is 2.81 bits per heavy atom. The first-order valence-electron chi connectivity index (χ1n) is 7.85. The maximum absolute atomic E-state index is 12.4. The molecule has 3 aliphatic rings. The molecule has 3 fully saturated rings. The maximum atomic E-state index is 12.4. The van der Waals surface area contributed by atoms with Crippen molar-refractivity contribution in [1.82, 2.24) is 10.2 Å². The van der Waals surface area contributed by atoms with Gasteiger partial charge in [-0.1, -0.05) is 6.42 Å². The first-order chi connectivity index (χ1) is 9.95. The third-order valence-electron chi connectivity index (χ3n) is 5.50. The molecule has 2 N–H and O–H groups in total. The van der Waals surface area contributed by atoms with Gasteiger partial charge < -0.3 is 15.3 Å². The summed E-state index contributed by atoms with van der Waals surface area (Å²) in [6, 6.07) is -0.0845. The van der Waals surface area contributed by atoms with Crippen molar-refractivity contribution in [3.8, 4) is 0 Å². The van der Waals surface area contributed by atoms with Crippen LogP contribution in [0.2, 0.25) is 0 Å². The molecule has 1 unspecified atom stereocenters. The van der Waals surface area contributed by atoms with Gasteiger partial charge in [-0.05, 0) is 44.3 Å². The molecule has 6 heteroatoms. The van der Waals surface area contributed by atoms with E-state index in [1.54, 1.807) is 4.90 Å². The van der Waals surface area contributed by atoms with Gasteiger partial charge in [0.1, 0.15) is 0 Å². The molecule has 5 nitrogen and oxygen atoms in total. The molecule has 118 valence electrons. The molecular weight excluding hydrogens is 288 g/mol. The number of urea groups is 1. The summed E-state index contributed by atoms with van der Waals surface area (Å²) in [4.78, 5) is 25.7. The molecule has 21 heavy (non-hydrogen) atoms. The molecule has 0 aromatic heterocycles. The van der Waals surface area contributed by atoms with Crippen molar-refractivity contribution in [3.05, 3.63) is 0 Å². The smallest absolute Gasteiger partial charge is 0.317 e. The Bertz CT molecular complexity index is 450. The highest BCUT2D eigenvalue weighted by molar-refractivity contribution is 8.00. The zero-order valence-corrected chi connectivity index (χ0v) is 13.4. The number of carboxylic acids is 1. The van der Waals surface area contributed by atoms with E-state index in [0.717, 1.165) is 19.3 Å². The first-order valence-corrected chi connectivity index (χ1v) is 8.84. The topological polar surface area (TPSA) is 69.6 Å². The predicted octanol–water partition coefficient (Wildman–Crippen LogP) is 2.17. The lowest BCUT2D eigenvalue weighted by Crippen LogP contribution is -2.45. The third-order valence-corrected chi connectivity index (χ3v) is 7.04. The SMILES string of the molecule is CC1(CNC(=O)N2C[C@@H]3CCC[C@@]3(C(=O)O)C2)CCCS1. The molecule has 1 saturated carbocycles. The number of nitrogens with one attached hydrogen (secondary N) is 1. The molecule has 0 spiro atoms. The van der Waals surface area contributed by atoms with E-state index in [9.17, 15) is 14.7 Å². The van der Waals surface area contributed by atoms with Crippen molar-refractivity contribution in [3.63, 3.8) is 0 Å². The largest absolute Gasteiger partial charge is 0.481 e. The van der Waals surface area contributed by atoms with Gasteiger partial charge in [-0.25, -0.2) is 4.79 Å². The number of hydrogen-bond donors (Lipinski definition) is 2. The zero-order chi connectivity index (χ0) is 15.1. The van der Waals surface area contributed by atoms with E-state index in [-0.39, 0.29) is 16.7 Å². The molecule has 2 heterocycles. The molecular formula is C15H24N2O3S. The van der Waals surface area contributed by atoms with Crippen molar-refractivity contribution >= 4 is 23.8 Å². The van der Waals surface area contributed by atoms with E-state index in [4.69, 9.17) is 0 Å². The van der Waals surface area contributed by atoms with Crippen LogP contribution in [0.25, 0.3) is 0 Å². The van der Waals surface area contributed by atoms with E-state index >= 15 is 0 Å². The van der Waals surface area contributed by atoms with Crippen molar-refractivity contribution in [2.75, 3.05) is 25.4 Å². The average Bonchev–Trinajstić information content (AvgIpc) is 3.09. The number of likely N-dealkylation sites (tertiary alicyclic amines) is 1. The highest BCUT2D eigenvalue weighted by Crippen LogP contribution is 2.48. The summed E-state index contributed by atoms with van der Waals surface area (Å²) in [7, 11) is 0. The predicted molar refractivity (Wildman–Crippen MR) is 82.5 cm³/mol. The fourth-order valence-electron chi connectivity index (χ4n) is 4.14. The Morgan fingerprint density at radius 2 is 2.19 bits per heavy atom. The van der Waals surface area contributed by atoms with Gasteiger partial charge in [0.05, 0.1) is 5.41 Å². The van der Waals surface area contributed by atoms with E-state index < -0.39 is 11.4 Å². The van der Waals surface area contributed by atoms with Gasteiger partial charge in [0.2, 0.25) is 0 Å². The maximum Gasteiger partial charge on any atom is 0.317 e. The third kappa shape index (κ3) is 2.62. The van der Waals surface area contributed by atoms with E-state index in [1.807, 2.05) is 11.8 Å². The van der Waals surface area contributed by atoms with Crippen molar-refractivity contribution in [2.45, 2.75) is 43.8 Å². The lowest BCUT2D eigenvalue weighted by Gasteiger charge is -2.26.